The Morgan fingerprint density at radius 1 is 1.19 bits per heavy atom. The minimum absolute atomic E-state index is 0.00133. The lowest BCUT2D eigenvalue weighted by Crippen LogP contribution is -2.76. The van der Waals surface area contributed by atoms with Gasteiger partial charge in [-0.2, -0.15) is 0 Å². The first kappa shape index (κ1) is 15.9. The number of amides is 1. The van der Waals surface area contributed by atoms with Crippen LogP contribution in [0.3, 0.4) is 0 Å². The predicted octanol–water partition coefficient (Wildman–Crippen LogP) is 2.39. The lowest BCUT2D eigenvalue weighted by Gasteiger charge is -2.62. The van der Waals surface area contributed by atoms with Gasteiger partial charge in [0.15, 0.2) is 11.6 Å². The zero-order valence-electron chi connectivity index (χ0n) is 12.8. The summed E-state index contributed by atoms with van der Waals surface area (Å²) in [6, 6.07) is 3.46. The van der Waals surface area contributed by atoms with Crippen molar-refractivity contribution in [2.75, 3.05) is 0 Å². The van der Waals surface area contributed by atoms with Gasteiger partial charge >= 0.3 is 0 Å². The van der Waals surface area contributed by atoms with Crippen LogP contribution < -0.4 is 11.1 Å². The summed E-state index contributed by atoms with van der Waals surface area (Å²) in [4.78, 5) is 12.1. The van der Waals surface area contributed by atoms with Gasteiger partial charge in [0.1, 0.15) is 0 Å². The summed E-state index contributed by atoms with van der Waals surface area (Å²) in [5.74, 6) is -2.06. The molecule has 0 bridgehead atoms. The molecule has 0 radical (unpaired) electrons. The first-order chi connectivity index (χ1) is 9.56. The van der Waals surface area contributed by atoms with Crippen molar-refractivity contribution in [2.24, 2.45) is 16.6 Å². The number of carbonyl (C=O) groups is 1. The third-order valence-electron chi connectivity index (χ3n) is 4.75. The number of nitrogens with one attached hydrogen (secondary N) is 1. The van der Waals surface area contributed by atoms with Gasteiger partial charge in [-0.1, -0.05) is 33.8 Å². The standard InChI is InChI=1S/C16H22F2N2O/c1-15(2)13(19)16(3,4)14(15)20-12(21)8-9-5-6-10(17)11(18)7-9/h5-7,13-14H,8,19H2,1-4H3,(H,20,21). The van der Waals surface area contributed by atoms with E-state index in [9.17, 15) is 13.6 Å². The van der Waals surface area contributed by atoms with E-state index in [1.165, 1.54) is 6.07 Å². The predicted molar refractivity (Wildman–Crippen MR) is 77.5 cm³/mol. The zero-order valence-corrected chi connectivity index (χ0v) is 12.8. The smallest absolute Gasteiger partial charge is 0.224 e. The van der Waals surface area contributed by atoms with Crippen LogP contribution in [0.15, 0.2) is 18.2 Å². The summed E-state index contributed by atoms with van der Waals surface area (Å²) in [5.41, 5.74) is 6.22. The van der Waals surface area contributed by atoms with Gasteiger partial charge < -0.3 is 11.1 Å². The van der Waals surface area contributed by atoms with Gasteiger partial charge in [0.25, 0.3) is 0 Å². The second kappa shape index (κ2) is 5.05. The molecule has 1 fully saturated rings. The first-order valence-corrected chi connectivity index (χ1v) is 7.05. The van der Waals surface area contributed by atoms with Crippen LogP contribution in [0.25, 0.3) is 0 Å². The Morgan fingerprint density at radius 3 is 2.29 bits per heavy atom. The number of halogens is 2. The molecular formula is C16H22F2N2O. The fourth-order valence-electron chi connectivity index (χ4n) is 3.60. The molecular weight excluding hydrogens is 274 g/mol. The third-order valence-corrected chi connectivity index (χ3v) is 4.75. The Hall–Kier alpha value is -1.49. The number of rotatable bonds is 3. The summed E-state index contributed by atoms with van der Waals surface area (Å²) in [5, 5.41) is 2.97. The van der Waals surface area contributed by atoms with E-state index in [1.807, 2.05) is 27.7 Å². The van der Waals surface area contributed by atoms with Crippen LogP contribution in [0.4, 0.5) is 8.78 Å². The fraction of sp³-hybridized carbons (Fsp3) is 0.562. The fourth-order valence-corrected chi connectivity index (χ4v) is 3.60. The Kier molecular flexibility index (Phi) is 3.82. The maximum absolute atomic E-state index is 13.1. The lowest BCUT2D eigenvalue weighted by atomic mass is 9.48. The Balaban J connectivity index is 2.04. The quantitative estimate of drug-likeness (QED) is 0.900. The van der Waals surface area contributed by atoms with Crippen LogP contribution in [0.5, 0.6) is 0 Å². The molecule has 2 rings (SSSR count). The summed E-state index contributed by atoms with van der Waals surface area (Å²) in [7, 11) is 0. The molecule has 0 spiro atoms. The number of hydrogen-bond donors (Lipinski definition) is 2. The molecule has 1 aromatic rings. The highest BCUT2D eigenvalue weighted by Crippen LogP contribution is 2.52. The molecule has 0 atom stereocenters. The van der Waals surface area contributed by atoms with Crippen LogP contribution in [0.1, 0.15) is 33.3 Å². The van der Waals surface area contributed by atoms with E-state index < -0.39 is 11.6 Å². The van der Waals surface area contributed by atoms with E-state index in [0.717, 1.165) is 12.1 Å². The average Bonchev–Trinajstić information content (AvgIpc) is 2.39. The molecule has 0 unspecified atom stereocenters. The Labute approximate surface area is 123 Å². The van der Waals surface area contributed by atoms with Crippen LogP contribution >= 0.6 is 0 Å². The van der Waals surface area contributed by atoms with E-state index in [1.54, 1.807) is 0 Å². The van der Waals surface area contributed by atoms with Gasteiger partial charge in [0.2, 0.25) is 5.91 Å². The molecule has 0 saturated heterocycles. The zero-order chi connectivity index (χ0) is 16.0. The van der Waals surface area contributed by atoms with E-state index in [4.69, 9.17) is 5.73 Å². The van der Waals surface area contributed by atoms with E-state index in [-0.39, 0.29) is 35.2 Å². The average molecular weight is 296 g/mol. The number of carbonyl (C=O) groups excluding carboxylic acids is 1. The van der Waals surface area contributed by atoms with E-state index >= 15 is 0 Å². The second-order valence-corrected chi connectivity index (χ2v) is 7.05. The molecule has 116 valence electrons. The van der Waals surface area contributed by atoms with Gasteiger partial charge in [-0.05, 0) is 17.7 Å². The van der Waals surface area contributed by atoms with Crippen molar-refractivity contribution in [3.63, 3.8) is 0 Å². The van der Waals surface area contributed by atoms with Gasteiger partial charge in [-0.15, -0.1) is 0 Å². The molecule has 1 aliphatic rings. The summed E-state index contributed by atoms with van der Waals surface area (Å²) in [6.45, 7) is 8.08. The summed E-state index contributed by atoms with van der Waals surface area (Å²) < 4.78 is 26.0. The first-order valence-electron chi connectivity index (χ1n) is 7.05. The molecule has 3 nitrogen and oxygen atoms in total. The molecule has 1 aliphatic carbocycles. The van der Waals surface area contributed by atoms with Crippen molar-refractivity contribution < 1.29 is 13.6 Å². The van der Waals surface area contributed by atoms with Gasteiger partial charge in [-0.3, -0.25) is 4.79 Å². The number of hydrogen-bond acceptors (Lipinski definition) is 2. The van der Waals surface area contributed by atoms with Crippen molar-refractivity contribution in [1.29, 1.82) is 0 Å². The molecule has 3 N–H and O–H groups in total. The van der Waals surface area contributed by atoms with Crippen molar-refractivity contribution >= 4 is 5.91 Å². The number of benzene rings is 1. The second-order valence-electron chi connectivity index (χ2n) is 7.05. The van der Waals surface area contributed by atoms with Crippen molar-refractivity contribution in [2.45, 2.75) is 46.2 Å². The van der Waals surface area contributed by atoms with Crippen LogP contribution in [-0.4, -0.2) is 18.0 Å². The topological polar surface area (TPSA) is 55.1 Å². The van der Waals surface area contributed by atoms with Crippen LogP contribution in [0, 0.1) is 22.5 Å². The van der Waals surface area contributed by atoms with Crippen LogP contribution in [0.2, 0.25) is 0 Å². The highest BCUT2D eigenvalue weighted by Gasteiger charge is 2.60. The molecule has 0 aromatic heterocycles. The molecule has 5 heteroatoms. The molecule has 1 aromatic carbocycles. The van der Waals surface area contributed by atoms with Gasteiger partial charge in [0.05, 0.1) is 6.42 Å². The van der Waals surface area contributed by atoms with E-state index in [0.29, 0.717) is 5.56 Å². The monoisotopic (exact) mass is 296 g/mol. The summed E-state index contributed by atoms with van der Waals surface area (Å²) >= 11 is 0. The molecule has 21 heavy (non-hydrogen) atoms. The Morgan fingerprint density at radius 2 is 1.76 bits per heavy atom. The minimum atomic E-state index is -0.938. The van der Waals surface area contributed by atoms with Gasteiger partial charge in [0, 0.05) is 22.9 Å². The molecule has 0 aliphatic heterocycles. The largest absolute Gasteiger partial charge is 0.352 e. The maximum atomic E-state index is 13.1. The van der Waals surface area contributed by atoms with Crippen LogP contribution in [-0.2, 0) is 11.2 Å². The van der Waals surface area contributed by atoms with Gasteiger partial charge in [-0.25, -0.2) is 8.78 Å². The summed E-state index contributed by atoms with van der Waals surface area (Å²) in [6.07, 6.45) is 0.0229. The SMILES string of the molecule is CC1(C)C(N)C(C)(C)C1NC(=O)Cc1ccc(F)c(F)c1. The Bertz CT molecular complexity index is 553. The van der Waals surface area contributed by atoms with Crippen molar-refractivity contribution in [3.8, 4) is 0 Å². The molecule has 1 amide bonds. The third kappa shape index (κ3) is 2.67. The van der Waals surface area contributed by atoms with Crippen molar-refractivity contribution in [3.05, 3.63) is 35.4 Å². The normalized spacial score (nSPS) is 26.0. The maximum Gasteiger partial charge on any atom is 0.224 e. The lowest BCUT2D eigenvalue weighted by molar-refractivity contribution is -0.131. The van der Waals surface area contributed by atoms with E-state index in [2.05, 4.69) is 5.32 Å². The molecule has 1 saturated carbocycles. The highest BCUT2D eigenvalue weighted by molar-refractivity contribution is 5.79. The number of nitrogens with two attached hydrogens (primary N) is 1. The minimum Gasteiger partial charge on any atom is -0.352 e. The van der Waals surface area contributed by atoms with Crippen molar-refractivity contribution in [1.82, 2.24) is 5.32 Å². The molecule has 0 heterocycles. The highest BCUT2D eigenvalue weighted by atomic mass is 19.2.